The third kappa shape index (κ3) is 2.43. The van der Waals surface area contributed by atoms with Gasteiger partial charge in [-0.1, -0.05) is 23.9 Å². The maximum atomic E-state index is 13.4. The number of anilines is 2. The second-order valence-electron chi connectivity index (χ2n) is 8.02. The summed E-state index contributed by atoms with van der Waals surface area (Å²) in [6.07, 6.45) is 4.84. The van der Waals surface area contributed by atoms with E-state index >= 15 is 0 Å². The minimum Gasteiger partial charge on any atom is -0.448 e. The maximum absolute atomic E-state index is 13.4. The van der Waals surface area contributed by atoms with Gasteiger partial charge in [0.05, 0.1) is 5.69 Å². The Balaban J connectivity index is 1.28. The molecule has 1 unspecified atom stereocenters. The van der Waals surface area contributed by atoms with Gasteiger partial charge in [0.2, 0.25) is 5.91 Å². The number of hydrogen-bond donors (Lipinski definition) is 1. The molecule has 0 radical (unpaired) electrons. The maximum Gasteiger partial charge on any atom is 0.261 e. The number of rotatable bonds is 2. The number of fused-ring (bicyclic) bond motifs is 4. The van der Waals surface area contributed by atoms with Gasteiger partial charge in [0, 0.05) is 35.9 Å². The van der Waals surface area contributed by atoms with Crippen molar-refractivity contribution in [2.75, 3.05) is 10.2 Å². The average molecular weight is 408 g/mol. The Morgan fingerprint density at radius 2 is 1.83 bits per heavy atom. The van der Waals surface area contributed by atoms with Crippen molar-refractivity contribution in [3.8, 4) is 11.5 Å². The number of amides is 2. The molecule has 2 amide bonds. The first kappa shape index (κ1) is 17.2. The molecule has 2 fully saturated rings. The molecular weight excluding hydrogens is 388 g/mol. The number of nitrogens with zero attached hydrogens (tertiary/aromatic N) is 1. The Morgan fingerprint density at radius 3 is 2.69 bits per heavy atom. The highest BCUT2D eigenvalue weighted by atomic mass is 32.2. The summed E-state index contributed by atoms with van der Waals surface area (Å²) in [6, 6.07) is 13.2. The summed E-state index contributed by atoms with van der Waals surface area (Å²) in [5, 5.41) is 3.02. The van der Waals surface area contributed by atoms with Crippen LogP contribution in [0.15, 0.2) is 47.4 Å². The third-order valence-corrected chi connectivity index (χ3v) is 7.66. The van der Waals surface area contributed by atoms with E-state index in [0.29, 0.717) is 24.3 Å². The Labute approximate surface area is 172 Å². The van der Waals surface area contributed by atoms with Gasteiger partial charge >= 0.3 is 0 Å². The van der Waals surface area contributed by atoms with Crippen LogP contribution in [0.5, 0.6) is 11.5 Å². The van der Waals surface area contributed by atoms with Crippen molar-refractivity contribution in [3.63, 3.8) is 0 Å². The molecule has 0 bridgehead atoms. The lowest BCUT2D eigenvalue weighted by Gasteiger charge is -2.29. The van der Waals surface area contributed by atoms with Gasteiger partial charge in [0.25, 0.3) is 11.7 Å². The summed E-state index contributed by atoms with van der Waals surface area (Å²) in [5.74, 6) is 0.680. The summed E-state index contributed by atoms with van der Waals surface area (Å²) in [6.45, 7) is 0. The first-order valence-corrected chi connectivity index (χ1v) is 10.8. The van der Waals surface area contributed by atoms with E-state index < -0.39 is 10.7 Å². The topological polar surface area (TPSA) is 67.9 Å². The lowest BCUT2D eigenvalue weighted by Crippen LogP contribution is -2.49. The van der Waals surface area contributed by atoms with Crippen LogP contribution in [0.25, 0.3) is 0 Å². The fourth-order valence-corrected chi connectivity index (χ4v) is 6.23. The van der Waals surface area contributed by atoms with E-state index in [-0.39, 0.29) is 11.8 Å². The number of benzene rings is 2. The van der Waals surface area contributed by atoms with Crippen LogP contribution < -0.4 is 19.7 Å². The standard InChI is InChI=1S/C22H20N2O4S/c25-19-9-12-22(24(19)15-5-1-2-6-18(15)29-22)20(26)23-14-7-8-16-17(13-14)28-21(27-16)10-3-4-11-21/h1-2,5-8,13H,3-4,9-12H2,(H,23,26). The summed E-state index contributed by atoms with van der Waals surface area (Å²) < 4.78 is 12.2. The Kier molecular flexibility index (Phi) is 3.51. The highest BCUT2D eigenvalue weighted by Crippen LogP contribution is 2.56. The average Bonchev–Trinajstić information content (AvgIpc) is 3.46. The largest absolute Gasteiger partial charge is 0.448 e. The van der Waals surface area contributed by atoms with Crippen LogP contribution in [0.1, 0.15) is 38.5 Å². The molecule has 0 aromatic heterocycles. The van der Waals surface area contributed by atoms with Gasteiger partial charge in [0.1, 0.15) is 0 Å². The first-order valence-electron chi connectivity index (χ1n) is 10.0. The zero-order chi connectivity index (χ0) is 19.6. The summed E-state index contributed by atoms with van der Waals surface area (Å²) in [4.78, 5) is 27.7. The SMILES string of the molecule is O=C1CCC2(C(=O)Nc3ccc4c(c3)OC3(CCCC3)O4)Sc3ccccc3N12. The van der Waals surface area contributed by atoms with Crippen molar-refractivity contribution in [1.29, 1.82) is 0 Å². The van der Waals surface area contributed by atoms with Gasteiger partial charge in [-0.25, -0.2) is 0 Å². The van der Waals surface area contributed by atoms with E-state index in [2.05, 4.69) is 5.32 Å². The van der Waals surface area contributed by atoms with Gasteiger partial charge in [-0.3, -0.25) is 14.5 Å². The number of carbonyl (C=O) groups excluding carboxylic acids is 2. The second-order valence-corrected chi connectivity index (χ2v) is 9.34. The van der Waals surface area contributed by atoms with Crippen molar-refractivity contribution in [2.24, 2.45) is 0 Å². The minimum absolute atomic E-state index is 0.00791. The molecule has 1 atom stereocenters. The number of ether oxygens (including phenoxy) is 2. The van der Waals surface area contributed by atoms with Gasteiger partial charge < -0.3 is 14.8 Å². The van der Waals surface area contributed by atoms with E-state index in [1.54, 1.807) is 4.90 Å². The molecule has 1 saturated heterocycles. The highest BCUT2D eigenvalue weighted by Gasteiger charge is 2.57. The Morgan fingerprint density at radius 1 is 1.03 bits per heavy atom. The first-order chi connectivity index (χ1) is 14.1. The monoisotopic (exact) mass is 408 g/mol. The van der Waals surface area contributed by atoms with Crippen LogP contribution in [0.3, 0.4) is 0 Å². The second kappa shape index (κ2) is 5.92. The lowest BCUT2D eigenvalue weighted by atomic mass is 10.1. The highest BCUT2D eigenvalue weighted by molar-refractivity contribution is 8.02. The number of hydrogen-bond acceptors (Lipinski definition) is 5. The van der Waals surface area contributed by atoms with E-state index in [4.69, 9.17) is 9.47 Å². The van der Waals surface area contributed by atoms with Crippen LogP contribution in [-0.4, -0.2) is 22.5 Å². The molecule has 2 aromatic carbocycles. The normalized spacial score (nSPS) is 25.4. The van der Waals surface area contributed by atoms with Crippen molar-refractivity contribution >= 4 is 35.0 Å². The molecule has 2 aromatic rings. The molecule has 1 saturated carbocycles. The molecule has 7 heteroatoms. The smallest absolute Gasteiger partial charge is 0.261 e. The third-order valence-electron chi connectivity index (χ3n) is 6.19. The van der Waals surface area contributed by atoms with Gasteiger partial charge in [-0.15, -0.1) is 0 Å². The van der Waals surface area contributed by atoms with Crippen molar-refractivity contribution in [3.05, 3.63) is 42.5 Å². The van der Waals surface area contributed by atoms with Gasteiger partial charge in [0.15, 0.2) is 16.4 Å². The lowest BCUT2D eigenvalue weighted by molar-refractivity contribution is -0.121. The van der Waals surface area contributed by atoms with E-state index in [0.717, 1.165) is 42.0 Å². The molecule has 6 rings (SSSR count). The minimum atomic E-state index is -0.927. The van der Waals surface area contributed by atoms with Crippen LogP contribution in [-0.2, 0) is 9.59 Å². The summed E-state index contributed by atoms with van der Waals surface area (Å²) >= 11 is 1.46. The molecule has 1 spiro atoms. The van der Waals surface area contributed by atoms with Crippen molar-refractivity contribution < 1.29 is 19.1 Å². The van der Waals surface area contributed by atoms with E-state index in [1.165, 1.54) is 11.8 Å². The quantitative estimate of drug-likeness (QED) is 0.803. The number of carbonyl (C=O) groups is 2. The molecule has 4 aliphatic rings. The molecule has 1 aliphatic carbocycles. The molecular formula is C22H20N2O4S. The predicted octanol–water partition coefficient (Wildman–Crippen LogP) is 4.30. The van der Waals surface area contributed by atoms with Crippen LogP contribution in [0.4, 0.5) is 11.4 Å². The number of thioether (sulfide) groups is 1. The molecule has 1 N–H and O–H groups in total. The number of para-hydroxylation sites is 1. The molecule has 29 heavy (non-hydrogen) atoms. The fraction of sp³-hybridized carbons (Fsp3) is 0.364. The zero-order valence-corrected chi connectivity index (χ0v) is 16.6. The Bertz CT molecular complexity index is 1050. The molecule has 3 aliphatic heterocycles. The van der Waals surface area contributed by atoms with Gasteiger partial charge in [-0.2, -0.15) is 0 Å². The van der Waals surface area contributed by atoms with Crippen LogP contribution in [0, 0.1) is 0 Å². The van der Waals surface area contributed by atoms with Crippen molar-refractivity contribution in [1.82, 2.24) is 0 Å². The number of nitrogens with one attached hydrogen (secondary N) is 1. The molecule has 3 heterocycles. The zero-order valence-electron chi connectivity index (χ0n) is 15.8. The van der Waals surface area contributed by atoms with Gasteiger partial charge in [-0.05, 0) is 43.5 Å². The molecule has 6 nitrogen and oxygen atoms in total. The van der Waals surface area contributed by atoms with Crippen molar-refractivity contribution in [2.45, 2.75) is 54.1 Å². The van der Waals surface area contributed by atoms with E-state index in [1.807, 2.05) is 42.5 Å². The summed E-state index contributed by atoms with van der Waals surface area (Å²) in [5.41, 5.74) is 1.47. The predicted molar refractivity (Wildman–Crippen MR) is 109 cm³/mol. The van der Waals surface area contributed by atoms with Crippen LogP contribution in [0.2, 0.25) is 0 Å². The Hall–Kier alpha value is -2.67. The fourth-order valence-electron chi connectivity index (χ4n) is 4.82. The van der Waals surface area contributed by atoms with Crippen LogP contribution >= 0.6 is 11.8 Å². The summed E-state index contributed by atoms with van der Waals surface area (Å²) in [7, 11) is 0. The molecule has 148 valence electrons. The van der Waals surface area contributed by atoms with E-state index in [9.17, 15) is 9.59 Å².